The summed E-state index contributed by atoms with van der Waals surface area (Å²) in [5, 5.41) is 9.94. The van der Waals surface area contributed by atoms with Crippen LogP contribution >= 0.6 is 23.2 Å². The number of rotatable bonds is 4. The highest BCUT2D eigenvalue weighted by molar-refractivity contribution is 6.35. The number of hydrogen-bond donors (Lipinski definition) is 3. The van der Waals surface area contributed by atoms with Gasteiger partial charge in [-0.1, -0.05) is 35.4 Å². The van der Waals surface area contributed by atoms with Crippen molar-refractivity contribution in [1.82, 2.24) is 15.0 Å². The summed E-state index contributed by atoms with van der Waals surface area (Å²) in [5.41, 5.74) is 8.42. The third kappa shape index (κ3) is 2.86. The molecule has 29 heavy (non-hydrogen) atoms. The number of fused-ring (bicyclic) bond motifs is 3. The van der Waals surface area contributed by atoms with E-state index in [9.17, 15) is 4.79 Å². The first-order valence-corrected chi connectivity index (χ1v) is 10.1. The zero-order valence-corrected chi connectivity index (χ0v) is 16.7. The van der Waals surface area contributed by atoms with Crippen molar-refractivity contribution in [2.24, 2.45) is 29.4 Å². The Morgan fingerprint density at radius 1 is 1.14 bits per heavy atom. The van der Waals surface area contributed by atoms with E-state index in [0.717, 1.165) is 12.0 Å². The summed E-state index contributed by atoms with van der Waals surface area (Å²) in [6, 6.07) is 7.28. The Kier molecular flexibility index (Phi) is 4.22. The Bertz CT molecular complexity index is 1180. The van der Waals surface area contributed by atoms with Crippen LogP contribution in [0.4, 0.5) is 0 Å². The van der Waals surface area contributed by atoms with Crippen LogP contribution in [0.15, 0.2) is 42.6 Å². The second-order valence-electron chi connectivity index (χ2n) is 7.59. The number of pyridine rings is 1. The van der Waals surface area contributed by atoms with E-state index in [-0.39, 0.29) is 23.7 Å². The summed E-state index contributed by atoms with van der Waals surface area (Å²) in [6.45, 7) is 0. The van der Waals surface area contributed by atoms with Gasteiger partial charge < -0.3 is 16.1 Å². The molecule has 0 spiro atoms. The van der Waals surface area contributed by atoms with E-state index in [2.05, 4.69) is 21.0 Å². The average molecular weight is 426 g/mol. The molecule has 5 rings (SSSR count). The summed E-state index contributed by atoms with van der Waals surface area (Å²) < 4.78 is 0. The van der Waals surface area contributed by atoms with Crippen molar-refractivity contribution in [3.8, 4) is 11.4 Å². The molecule has 3 aromatic rings. The molecule has 2 heterocycles. The second kappa shape index (κ2) is 6.68. The molecule has 2 aromatic heterocycles. The standard InChI is InChI=1S/C21H17Cl2N5O/c22-12-5-3-9(4-6-12)20-27-18-16(13(23)8-26-21(18)28-20)17(24)14-10-1-2-11(7-10)15(14)19(25)29/h1-6,8,10-11,14-15,24H,7H2,(H2,25,29)(H,26,27,28). The third-order valence-electron chi connectivity index (χ3n) is 5.98. The molecule has 0 radical (unpaired) electrons. The SMILES string of the molecule is N=C(c1c(Cl)cnc2nc(-c3ccc(Cl)cc3)[nH]c12)C1C2C=CC(C2)C1C(N)=O. The number of halogens is 2. The van der Waals surface area contributed by atoms with Crippen molar-refractivity contribution in [1.29, 1.82) is 5.41 Å². The molecule has 2 bridgehead atoms. The van der Waals surface area contributed by atoms with Gasteiger partial charge in [0.05, 0.1) is 16.5 Å². The third-order valence-corrected chi connectivity index (χ3v) is 6.52. The van der Waals surface area contributed by atoms with Crippen molar-refractivity contribution in [2.75, 3.05) is 0 Å². The highest BCUT2D eigenvalue weighted by atomic mass is 35.5. The highest BCUT2D eigenvalue weighted by Gasteiger charge is 2.49. The van der Waals surface area contributed by atoms with Gasteiger partial charge >= 0.3 is 0 Å². The van der Waals surface area contributed by atoms with Crippen LogP contribution in [0, 0.1) is 29.1 Å². The van der Waals surface area contributed by atoms with Gasteiger partial charge in [0.2, 0.25) is 5.91 Å². The summed E-state index contributed by atoms with van der Waals surface area (Å²) >= 11 is 12.5. The van der Waals surface area contributed by atoms with Crippen LogP contribution in [0.5, 0.6) is 0 Å². The monoisotopic (exact) mass is 425 g/mol. The van der Waals surface area contributed by atoms with Crippen molar-refractivity contribution < 1.29 is 4.79 Å². The smallest absolute Gasteiger partial charge is 0.221 e. The molecular formula is C21H17Cl2N5O. The first-order valence-electron chi connectivity index (χ1n) is 9.30. The van der Waals surface area contributed by atoms with Crippen LogP contribution in [0.25, 0.3) is 22.6 Å². The number of amides is 1. The Morgan fingerprint density at radius 2 is 1.83 bits per heavy atom. The van der Waals surface area contributed by atoms with Crippen LogP contribution < -0.4 is 5.73 Å². The van der Waals surface area contributed by atoms with E-state index in [4.69, 9.17) is 34.3 Å². The number of nitrogens with zero attached hydrogens (tertiary/aromatic N) is 2. The fourth-order valence-electron chi connectivity index (χ4n) is 4.71. The van der Waals surface area contributed by atoms with Crippen LogP contribution in [0.1, 0.15) is 12.0 Å². The van der Waals surface area contributed by atoms with E-state index in [1.165, 1.54) is 6.20 Å². The summed E-state index contributed by atoms with van der Waals surface area (Å²) in [7, 11) is 0. The van der Waals surface area contributed by atoms with E-state index in [1.54, 1.807) is 12.1 Å². The topological polar surface area (TPSA) is 109 Å². The number of nitrogens with two attached hydrogens (primary N) is 1. The maximum absolute atomic E-state index is 12.1. The van der Waals surface area contributed by atoms with E-state index < -0.39 is 5.92 Å². The zero-order chi connectivity index (χ0) is 20.3. The van der Waals surface area contributed by atoms with Gasteiger partial charge in [0, 0.05) is 34.0 Å². The van der Waals surface area contributed by atoms with Gasteiger partial charge in [-0.15, -0.1) is 0 Å². The van der Waals surface area contributed by atoms with Crippen molar-refractivity contribution >= 4 is 46.0 Å². The predicted molar refractivity (Wildman–Crippen MR) is 113 cm³/mol. The molecule has 1 aromatic carbocycles. The van der Waals surface area contributed by atoms with Gasteiger partial charge in [-0.2, -0.15) is 0 Å². The van der Waals surface area contributed by atoms with Gasteiger partial charge in [0.25, 0.3) is 0 Å². The van der Waals surface area contributed by atoms with Gasteiger partial charge in [-0.25, -0.2) is 9.97 Å². The molecule has 4 unspecified atom stereocenters. The number of imidazole rings is 1. The number of allylic oxidation sites excluding steroid dienone is 2. The lowest BCUT2D eigenvalue weighted by Gasteiger charge is -2.26. The van der Waals surface area contributed by atoms with Crippen molar-refractivity contribution in [3.63, 3.8) is 0 Å². The molecule has 2 aliphatic rings. The first-order chi connectivity index (χ1) is 13.9. The van der Waals surface area contributed by atoms with Crippen LogP contribution in [0.3, 0.4) is 0 Å². The molecule has 6 nitrogen and oxygen atoms in total. The lowest BCUT2D eigenvalue weighted by atomic mass is 9.77. The van der Waals surface area contributed by atoms with Crippen LogP contribution in [-0.2, 0) is 4.79 Å². The largest absolute Gasteiger partial charge is 0.369 e. The Balaban J connectivity index is 1.62. The number of hydrogen-bond acceptors (Lipinski definition) is 4. The lowest BCUT2D eigenvalue weighted by molar-refractivity contribution is -0.123. The van der Waals surface area contributed by atoms with Crippen molar-refractivity contribution in [3.05, 3.63) is 58.2 Å². The number of carbonyl (C=O) groups is 1. The quantitative estimate of drug-likeness (QED) is 0.429. The molecule has 1 amide bonds. The fraction of sp³-hybridized carbons (Fsp3) is 0.238. The number of primary amides is 1. The maximum Gasteiger partial charge on any atom is 0.221 e. The van der Waals surface area contributed by atoms with Gasteiger partial charge in [0.1, 0.15) is 5.82 Å². The van der Waals surface area contributed by atoms with Gasteiger partial charge in [-0.05, 0) is 42.5 Å². The minimum absolute atomic E-state index is 0.0883. The minimum atomic E-state index is -0.393. The maximum atomic E-state index is 12.1. The highest BCUT2D eigenvalue weighted by Crippen LogP contribution is 2.49. The number of carbonyl (C=O) groups excluding carboxylic acids is 1. The molecular weight excluding hydrogens is 409 g/mol. The van der Waals surface area contributed by atoms with E-state index in [1.807, 2.05) is 18.2 Å². The van der Waals surface area contributed by atoms with Gasteiger partial charge in [0.15, 0.2) is 5.65 Å². The normalized spacial score (nSPS) is 25.0. The number of benzene rings is 1. The van der Waals surface area contributed by atoms with Crippen LogP contribution in [-0.4, -0.2) is 26.6 Å². The molecule has 146 valence electrons. The molecule has 1 fully saturated rings. The first kappa shape index (κ1) is 18.3. The number of nitrogens with one attached hydrogen (secondary N) is 2. The number of aromatic amines is 1. The molecule has 4 atom stereocenters. The van der Waals surface area contributed by atoms with Gasteiger partial charge in [-0.3, -0.25) is 4.79 Å². The number of H-pyrrole nitrogens is 1. The molecule has 4 N–H and O–H groups in total. The number of aromatic nitrogens is 3. The van der Waals surface area contributed by atoms with Crippen molar-refractivity contribution in [2.45, 2.75) is 6.42 Å². The summed E-state index contributed by atoms with van der Waals surface area (Å²) in [4.78, 5) is 24.2. The molecule has 8 heteroatoms. The Morgan fingerprint density at radius 3 is 2.52 bits per heavy atom. The summed E-state index contributed by atoms with van der Waals surface area (Å²) in [6.07, 6.45) is 6.47. The zero-order valence-electron chi connectivity index (χ0n) is 15.2. The minimum Gasteiger partial charge on any atom is -0.369 e. The molecule has 2 aliphatic carbocycles. The predicted octanol–water partition coefficient (Wildman–Crippen LogP) is 4.22. The van der Waals surface area contributed by atoms with E-state index >= 15 is 0 Å². The second-order valence-corrected chi connectivity index (χ2v) is 8.43. The summed E-state index contributed by atoms with van der Waals surface area (Å²) in [5.74, 6) is -0.249. The molecule has 0 saturated heterocycles. The average Bonchev–Trinajstić information content (AvgIpc) is 3.41. The fourth-order valence-corrected chi connectivity index (χ4v) is 5.08. The van der Waals surface area contributed by atoms with E-state index in [0.29, 0.717) is 38.3 Å². The Hall–Kier alpha value is -2.70. The molecule has 1 saturated carbocycles. The lowest BCUT2D eigenvalue weighted by Crippen LogP contribution is -2.37. The Labute approximate surface area is 176 Å². The van der Waals surface area contributed by atoms with Crippen LogP contribution in [0.2, 0.25) is 10.0 Å². The molecule has 0 aliphatic heterocycles.